The van der Waals surface area contributed by atoms with Crippen molar-refractivity contribution in [3.63, 3.8) is 0 Å². The van der Waals surface area contributed by atoms with Crippen molar-refractivity contribution in [2.24, 2.45) is 29.0 Å². The third-order valence-electron chi connectivity index (χ3n) is 16.9. The van der Waals surface area contributed by atoms with E-state index in [0.29, 0.717) is 35.1 Å². The fourth-order valence-electron chi connectivity index (χ4n) is 11.8. The molecule has 4 aromatic carbocycles. The second kappa shape index (κ2) is 35.5. The first kappa shape index (κ1) is 72.7. The molecule has 1 aromatic heterocycles. The van der Waals surface area contributed by atoms with Crippen molar-refractivity contribution >= 4 is 75.9 Å². The van der Waals surface area contributed by atoms with Gasteiger partial charge in [0.1, 0.15) is 66.2 Å². The topological polar surface area (TPSA) is 413 Å². The second-order valence-corrected chi connectivity index (χ2v) is 25.2. The van der Waals surface area contributed by atoms with Gasteiger partial charge in [0.25, 0.3) is 0 Å². The van der Waals surface area contributed by atoms with Gasteiger partial charge in [0.05, 0.1) is 6.42 Å². The predicted molar refractivity (Wildman–Crippen MR) is 356 cm³/mol. The summed E-state index contributed by atoms with van der Waals surface area (Å²) in [7, 11) is 0. The van der Waals surface area contributed by atoms with Crippen molar-refractivity contribution in [3.8, 4) is 5.75 Å². The van der Waals surface area contributed by atoms with Crippen molar-refractivity contribution in [2.75, 3.05) is 19.6 Å². The van der Waals surface area contributed by atoms with E-state index in [1.54, 1.807) is 94.6 Å². The number of phenolic OH excluding ortho intramolecular Hbond substituents is 1. The average Bonchev–Trinajstić information content (AvgIpc) is 1.72. The summed E-state index contributed by atoms with van der Waals surface area (Å²) in [6.45, 7) is 7.25. The highest BCUT2D eigenvalue weighted by Crippen LogP contribution is 2.25. The first-order valence-corrected chi connectivity index (χ1v) is 32.6. The molecule has 10 atom stereocenters. The van der Waals surface area contributed by atoms with Crippen molar-refractivity contribution in [1.29, 1.82) is 0 Å². The van der Waals surface area contributed by atoms with Gasteiger partial charge in [-0.3, -0.25) is 52.7 Å². The number of nitrogens with zero attached hydrogens (tertiary/aromatic N) is 1. The number of aromatic hydroxyl groups is 1. The van der Waals surface area contributed by atoms with E-state index in [9.17, 15) is 48.3 Å². The maximum Gasteiger partial charge on any atom is 0.246 e. The Hall–Kier alpha value is -9.69. The zero-order valence-corrected chi connectivity index (χ0v) is 54.3. The molecule has 3 heterocycles. The van der Waals surface area contributed by atoms with Gasteiger partial charge in [-0.1, -0.05) is 119 Å². The lowest BCUT2D eigenvalue weighted by molar-refractivity contribution is -0.142. The largest absolute Gasteiger partial charge is 0.508 e. The molecule has 2 saturated heterocycles. The Kier molecular flexibility index (Phi) is 27.2. The number of carbonyl (C=O) groups excluding carboxylic acids is 11. The molecule has 11 amide bonds. The van der Waals surface area contributed by atoms with E-state index in [1.165, 1.54) is 29.2 Å². The van der Waals surface area contributed by atoms with Gasteiger partial charge in [0, 0.05) is 49.3 Å². The maximum absolute atomic E-state index is 15.5. The van der Waals surface area contributed by atoms with Gasteiger partial charge in [-0.05, 0) is 117 Å². The van der Waals surface area contributed by atoms with E-state index in [2.05, 4.69) is 52.8 Å². The number of nitrogens with two attached hydrogens (primary N) is 3. The molecular weight excluding hydrogens is 1220 g/mol. The third-order valence-corrected chi connectivity index (χ3v) is 16.9. The van der Waals surface area contributed by atoms with Gasteiger partial charge < -0.3 is 80.0 Å². The Morgan fingerprint density at radius 1 is 0.495 bits per heavy atom. The Bertz CT molecular complexity index is 3460. The molecule has 0 aliphatic carbocycles. The second-order valence-electron chi connectivity index (χ2n) is 25.2. The number of H-pyrrole nitrogens is 1. The van der Waals surface area contributed by atoms with Gasteiger partial charge in [-0.15, -0.1) is 0 Å². The molecule has 0 saturated carbocycles. The summed E-state index contributed by atoms with van der Waals surface area (Å²) in [6, 6.07) is 16.7. The zero-order valence-electron chi connectivity index (χ0n) is 54.3. The lowest BCUT2D eigenvalue weighted by Crippen LogP contribution is -2.62. The smallest absolute Gasteiger partial charge is 0.246 e. The number of rotatable bonds is 20. The fourth-order valence-corrected chi connectivity index (χ4v) is 11.8. The predicted octanol–water partition coefficient (Wildman–Crippen LogP) is 0.957. The summed E-state index contributed by atoms with van der Waals surface area (Å²) in [5, 5.41) is 35.8. The number of primary amides is 1. The normalized spacial score (nSPS) is 23.7. The molecule has 26 nitrogen and oxygen atoms in total. The number of hydrogen-bond donors (Lipinski definition) is 14. The molecular formula is C69H92N14O12. The van der Waals surface area contributed by atoms with Crippen LogP contribution in [0.2, 0.25) is 0 Å². The monoisotopic (exact) mass is 1310 g/mol. The maximum atomic E-state index is 15.5. The lowest BCUT2D eigenvalue weighted by atomic mass is 9.99. The van der Waals surface area contributed by atoms with Crippen molar-refractivity contribution in [2.45, 2.75) is 172 Å². The molecule has 5 aromatic rings. The van der Waals surface area contributed by atoms with Crippen molar-refractivity contribution in [1.82, 2.24) is 57.7 Å². The first-order valence-electron chi connectivity index (χ1n) is 32.6. The number of unbranched alkanes of at least 4 members (excludes halogenated alkanes) is 1. The van der Waals surface area contributed by atoms with Crippen LogP contribution in [0.5, 0.6) is 5.75 Å². The number of aromatic nitrogens is 1. The van der Waals surface area contributed by atoms with Gasteiger partial charge >= 0.3 is 0 Å². The summed E-state index contributed by atoms with van der Waals surface area (Å²) < 4.78 is 0. The molecule has 510 valence electrons. The molecule has 95 heavy (non-hydrogen) atoms. The quantitative estimate of drug-likeness (QED) is 0.0483. The van der Waals surface area contributed by atoms with E-state index >= 15 is 9.59 Å². The van der Waals surface area contributed by atoms with Gasteiger partial charge in [-0.25, -0.2) is 0 Å². The number of phenols is 1. The molecule has 2 aliphatic heterocycles. The van der Waals surface area contributed by atoms with Crippen LogP contribution < -0.4 is 65.1 Å². The summed E-state index contributed by atoms with van der Waals surface area (Å²) in [6.07, 6.45) is 1.77. The number of fused-ring (bicyclic) bond motifs is 2. The SMILES string of the molecule is CC(C)C[C@@H]1NC(=O)[C@H](Cc2ccccc2)NC(=O)[C@@H]2CCCN2C(=O)[C@H](Cc2c[nH]c3ccccc23)NC(=O)[C@@H](Cc2ccccc2)NC(=O)[C@H](CCCN)NC(=O)[C@H](C(C)C)NC(=O)[C@H](Cc2ccc(O)cc2)NC(=O)[C@H](CCCCN)NC(=O)[C@H](CC(N)=O)NC1=O. The number of nitrogens with one attached hydrogen (secondary N) is 10. The van der Waals surface area contributed by atoms with Crippen LogP contribution in [0.3, 0.4) is 0 Å². The standard InChI is InChI=1S/C69H92N14O12/c1-40(2)33-51-62(88)79-55(38-58(72)85)65(91)74-49(23-13-14-30-70)60(86)78-54(36-44-26-28-46(84)29-27-44)66(92)82-59(41(3)4)68(94)75-50(24-15-31-71)61(87)77-52(34-42-17-7-5-8-18-42)64(90)81-56(37-45-39-73-48-22-12-11-21-47(45)48)69(95)83-32-16-25-57(83)67(93)80-53(63(89)76-51)35-43-19-9-6-10-20-43/h5-12,17-22,26-29,39-41,49-57,59,73,84H,13-16,23-25,30-38,70-71H2,1-4H3,(H2,72,85)(H,74,91)(H,75,94)(H,76,89)(H,77,87)(H,78,86)(H,79,88)(H,80,93)(H,81,90)(H,82,92)/t49-,50-,51-,52+,53-,54-,55-,56-,57-,59-/m0/s1. The summed E-state index contributed by atoms with van der Waals surface area (Å²) in [4.78, 5) is 166. The number of carbonyl (C=O) groups is 11. The lowest BCUT2D eigenvalue weighted by Gasteiger charge is -2.31. The fraction of sp³-hybridized carbons (Fsp3) is 0.464. The van der Waals surface area contributed by atoms with Crippen LogP contribution >= 0.6 is 0 Å². The molecule has 7 rings (SSSR count). The van der Waals surface area contributed by atoms with Crippen LogP contribution in [-0.4, -0.2) is 160 Å². The highest BCUT2D eigenvalue weighted by molar-refractivity contribution is 6.01. The van der Waals surface area contributed by atoms with Crippen molar-refractivity contribution in [3.05, 3.63) is 138 Å². The summed E-state index contributed by atoms with van der Waals surface area (Å²) in [5.41, 5.74) is 20.6. The average molecular weight is 1310 g/mol. The highest BCUT2D eigenvalue weighted by Gasteiger charge is 2.42. The number of amides is 11. The summed E-state index contributed by atoms with van der Waals surface area (Å²) in [5.74, 6) is -10.3. The molecule has 0 radical (unpaired) electrons. The van der Waals surface area contributed by atoms with Crippen LogP contribution in [0.4, 0.5) is 0 Å². The minimum Gasteiger partial charge on any atom is -0.508 e. The minimum absolute atomic E-state index is 0.0123. The van der Waals surface area contributed by atoms with Gasteiger partial charge in [0.15, 0.2) is 0 Å². The number of hydrogen-bond acceptors (Lipinski definition) is 14. The van der Waals surface area contributed by atoms with E-state index in [4.69, 9.17) is 17.2 Å². The van der Waals surface area contributed by atoms with Crippen LogP contribution in [0.15, 0.2) is 115 Å². The number of benzene rings is 4. The highest BCUT2D eigenvalue weighted by atomic mass is 16.3. The number of para-hydroxylation sites is 1. The molecule has 26 heteroatoms. The van der Waals surface area contributed by atoms with Gasteiger partial charge in [0.2, 0.25) is 65.0 Å². The van der Waals surface area contributed by atoms with Crippen LogP contribution in [0.1, 0.15) is 108 Å². The first-order chi connectivity index (χ1) is 45.5. The molecule has 2 aliphatic rings. The molecule has 0 unspecified atom stereocenters. The zero-order chi connectivity index (χ0) is 68.7. The molecule has 0 spiro atoms. The van der Waals surface area contributed by atoms with Crippen LogP contribution in [0.25, 0.3) is 10.9 Å². The Balaban J connectivity index is 1.32. The minimum atomic E-state index is -1.72. The molecule has 2 fully saturated rings. The van der Waals surface area contributed by atoms with E-state index in [0.717, 1.165) is 10.9 Å². The van der Waals surface area contributed by atoms with Crippen LogP contribution in [0, 0.1) is 11.8 Å². The van der Waals surface area contributed by atoms with E-state index in [1.807, 2.05) is 24.3 Å². The van der Waals surface area contributed by atoms with Crippen LogP contribution in [-0.2, 0) is 78.4 Å². The molecule has 17 N–H and O–H groups in total. The number of aromatic amines is 1. The van der Waals surface area contributed by atoms with E-state index in [-0.39, 0.29) is 95.5 Å². The van der Waals surface area contributed by atoms with Gasteiger partial charge in [-0.2, -0.15) is 0 Å². The Morgan fingerprint density at radius 2 is 0.947 bits per heavy atom. The Morgan fingerprint density at radius 3 is 1.51 bits per heavy atom. The third kappa shape index (κ3) is 21.4. The Labute approximate surface area is 552 Å². The van der Waals surface area contributed by atoms with Crippen molar-refractivity contribution < 1.29 is 57.8 Å². The summed E-state index contributed by atoms with van der Waals surface area (Å²) >= 11 is 0. The van der Waals surface area contributed by atoms with E-state index < -0.39 is 138 Å². The molecule has 0 bridgehead atoms.